The van der Waals surface area contributed by atoms with Crippen LogP contribution in [0.2, 0.25) is 0 Å². The number of nitrogens with one attached hydrogen (secondary N) is 1. The number of hydrogen-bond donors (Lipinski definition) is 1. The van der Waals surface area contributed by atoms with E-state index in [-0.39, 0.29) is 5.91 Å². The molecule has 1 N–H and O–H groups in total. The largest absolute Gasteiger partial charge is 0.416 e. The summed E-state index contributed by atoms with van der Waals surface area (Å²) in [5, 5.41) is 0. The van der Waals surface area contributed by atoms with E-state index in [1.165, 1.54) is 12.1 Å². The van der Waals surface area contributed by atoms with E-state index in [0.29, 0.717) is 23.5 Å². The normalized spacial score (nSPS) is 16.3. The fourth-order valence-electron chi connectivity index (χ4n) is 3.73. The van der Waals surface area contributed by atoms with E-state index in [1.54, 1.807) is 29.4 Å². The molecule has 28 heavy (non-hydrogen) atoms. The Morgan fingerprint density at radius 3 is 2.64 bits per heavy atom. The van der Waals surface area contributed by atoms with Crippen molar-refractivity contribution in [2.45, 2.75) is 25.4 Å². The number of H-pyrrole nitrogens is 1. The number of likely N-dealkylation sites (tertiary alicyclic amines) is 1. The number of aromatic amines is 1. The second-order valence-corrected chi connectivity index (χ2v) is 7.52. The van der Waals surface area contributed by atoms with Crippen LogP contribution in [0.3, 0.4) is 0 Å². The molecule has 0 aliphatic carbocycles. The highest BCUT2D eigenvalue weighted by molar-refractivity contribution is 5.93. The molecule has 0 bridgehead atoms. The van der Waals surface area contributed by atoms with Crippen LogP contribution in [0, 0.1) is 5.92 Å². The standard InChI is InChI=1S/C21H26F3N3O/c1-26(20(28)18-5-9-25-14-18)15-17-7-11-27(12-8-17)10-6-16-3-2-4-19(13-16)21(22,23)24/h2-5,9,13-14,17,25H,6-8,10-12,15H2,1H3. The van der Waals surface area contributed by atoms with E-state index in [4.69, 9.17) is 0 Å². The summed E-state index contributed by atoms with van der Waals surface area (Å²) in [5.74, 6) is 0.478. The maximum Gasteiger partial charge on any atom is 0.416 e. The number of rotatable bonds is 6. The van der Waals surface area contributed by atoms with Gasteiger partial charge in [0.05, 0.1) is 11.1 Å². The Hall–Kier alpha value is -2.28. The van der Waals surface area contributed by atoms with Gasteiger partial charge in [0.15, 0.2) is 0 Å². The van der Waals surface area contributed by atoms with E-state index < -0.39 is 11.7 Å². The zero-order chi connectivity index (χ0) is 20.1. The minimum atomic E-state index is -4.29. The smallest absolute Gasteiger partial charge is 0.367 e. The van der Waals surface area contributed by atoms with Gasteiger partial charge >= 0.3 is 6.18 Å². The van der Waals surface area contributed by atoms with Gasteiger partial charge in [-0.25, -0.2) is 0 Å². The highest BCUT2D eigenvalue weighted by Gasteiger charge is 2.30. The topological polar surface area (TPSA) is 39.3 Å². The molecule has 0 radical (unpaired) electrons. The van der Waals surface area contributed by atoms with Gasteiger partial charge in [0.1, 0.15) is 0 Å². The minimum absolute atomic E-state index is 0.0215. The second kappa shape index (κ2) is 8.82. The molecule has 2 aromatic rings. The van der Waals surface area contributed by atoms with Crippen molar-refractivity contribution in [2.24, 2.45) is 5.92 Å². The van der Waals surface area contributed by atoms with Gasteiger partial charge in [0, 0.05) is 32.5 Å². The molecule has 1 fully saturated rings. The monoisotopic (exact) mass is 393 g/mol. The van der Waals surface area contributed by atoms with Crippen LogP contribution in [-0.4, -0.2) is 53.9 Å². The molecule has 1 aliphatic rings. The van der Waals surface area contributed by atoms with Crippen LogP contribution in [-0.2, 0) is 12.6 Å². The average Bonchev–Trinajstić information content (AvgIpc) is 3.21. The average molecular weight is 393 g/mol. The summed E-state index contributed by atoms with van der Waals surface area (Å²) >= 11 is 0. The van der Waals surface area contributed by atoms with Crippen LogP contribution < -0.4 is 0 Å². The molecule has 152 valence electrons. The van der Waals surface area contributed by atoms with Crippen molar-refractivity contribution < 1.29 is 18.0 Å². The van der Waals surface area contributed by atoms with Crippen LogP contribution in [0.1, 0.15) is 34.3 Å². The van der Waals surface area contributed by atoms with E-state index in [1.807, 2.05) is 7.05 Å². The summed E-state index contributed by atoms with van der Waals surface area (Å²) < 4.78 is 38.4. The Labute approximate surface area is 163 Å². The third-order valence-corrected chi connectivity index (χ3v) is 5.40. The molecule has 7 heteroatoms. The van der Waals surface area contributed by atoms with Gasteiger partial charge in [-0.15, -0.1) is 0 Å². The number of carbonyl (C=O) groups excluding carboxylic acids is 1. The molecule has 1 aromatic carbocycles. The lowest BCUT2D eigenvalue weighted by molar-refractivity contribution is -0.137. The molecule has 3 rings (SSSR count). The maximum absolute atomic E-state index is 12.8. The number of hydrogen-bond acceptors (Lipinski definition) is 2. The summed E-state index contributed by atoms with van der Waals surface area (Å²) in [5.41, 5.74) is 0.800. The highest BCUT2D eigenvalue weighted by atomic mass is 19.4. The number of piperidine rings is 1. The Morgan fingerprint density at radius 1 is 1.25 bits per heavy atom. The molecule has 0 saturated carbocycles. The summed E-state index contributed by atoms with van der Waals surface area (Å²) in [6, 6.07) is 7.36. The third-order valence-electron chi connectivity index (χ3n) is 5.40. The molecule has 0 unspecified atom stereocenters. The zero-order valence-electron chi connectivity index (χ0n) is 16.0. The van der Waals surface area contributed by atoms with Crippen LogP contribution in [0.25, 0.3) is 0 Å². The predicted molar refractivity (Wildman–Crippen MR) is 102 cm³/mol. The molecular weight excluding hydrogens is 367 g/mol. The summed E-state index contributed by atoms with van der Waals surface area (Å²) in [7, 11) is 1.83. The molecule has 1 aliphatic heterocycles. The summed E-state index contributed by atoms with van der Waals surface area (Å²) in [6.45, 7) is 3.31. The Morgan fingerprint density at radius 2 is 2.00 bits per heavy atom. The van der Waals surface area contributed by atoms with E-state index in [9.17, 15) is 18.0 Å². The lowest BCUT2D eigenvalue weighted by atomic mass is 9.95. The van der Waals surface area contributed by atoms with E-state index in [2.05, 4.69) is 9.88 Å². The Kier molecular flexibility index (Phi) is 6.44. The first-order valence-electron chi connectivity index (χ1n) is 9.59. The molecule has 4 nitrogen and oxygen atoms in total. The highest BCUT2D eigenvalue weighted by Crippen LogP contribution is 2.29. The van der Waals surface area contributed by atoms with Gasteiger partial charge in [0.2, 0.25) is 0 Å². The van der Waals surface area contributed by atoms with Crippen LogP contribution in [0.4, 0.5) is 13.2 Å². The lowest BCUT2D eigenvalue weighted by Gasteiger charge is -2.34. The van der Waals surface area contributed by atoms with Crippen molar-refractivity contribution >= 4 is 5.91 Å². The minimum Gasteiger partial charge on any atom is -0.367 e. The molecule has 1 amide bonds. The molecule has 1 saturated heterocycles. The number of amides is 1. The number of nitrogens with zero attached hydrogens (tertiary/aromatic N) is 2. The summed E-state index contributed by atoms with van der Waals surface area (Å²) in [4.78, 5) is 19.3. The molecule has 2 heterocycles. The van der Waals surface area contributed by atoms with Crippen molar-refractivity contribution in [1.82, 2.24) is 14.8 Å². The van der Waals surface area contributed by atoms with Crippen molar-refractivity contribution in [3.63, 3.8) is 0 Å². The van der Waals surface area contributed by atoms with Gasteiger partial charge in [0.25, 0.3) is 5.91 Å². The predicted octanol–water partition coefficient (Wildman–Crippen LogP) is 4.06. The molecular formula is C21H26F3N3O. The fraction of sp³-hybridized carbons (Fsp3) is 0.476. The van der Waals surface area contributed by atoms with Gasteiger partial charge in [-0.05, 0) is 56.0 Å². The SMILES string of the molecule is CN(CC1CCN(CCc2cccc(C(F)(F)F)c2)CC1)C(=O)c1cc[nH]c1. The van der Waals surface area contributed by atoms with Crippen LogP contribution in [0.15, 0.2) is 42.7 Å². The number of alkyl halides is 3. The molecule has 0 atom stereocenters. The van der Waals surface area contributed by atoms with Crippen molar-refractivity contribution in [1.29, 1.82) is 0 Å². The Bertz CT molecular complexity index is 765. The number of aromatic nitrogens is 1. The first kappa shape index (κ1) is 20.5. The van der Waals surface area contributed by atoms with Crippen LogP contribution in [0.5, 0.6) is 0 Å². The maximum atomic E-state index is 12.8. The van der Waals surface area contributed by atoms with Gasteiger partial charge in [-0.1, -0.05) is 18.2 Å². The van der Waals surface area contributed by atoms with Gasteiger partial charge < -0.3 is 14.8 Å². The Balaban J connectivity index is 1.43. The number of benzene rings is 1. The fourth-order valence-corrected chi connectivity index (χ4v) is 3.73. The van der Waals surface area contributed by atoms with Crippen LogP contribution >= 0.6 is 0 Å². The number of halogens is 3. The zero-order valence-corrected chi connectivity index (χ0v) is 16.0. The number of carbonyl (C=O) groups is 1. The van der Waals surface area contributed by atoms with Crippen molar-refractivity contribution in [3.8, 4) is 0 Å². The van der Waals surface area contributed by atoms with Crippen molar-refractivity contribution in [2.75, 3.05) is 33.2 Å². The molecule has 1 aromatic heterocycles. The van der Waals surface area contributed by atoms with E-state index in [0.717, 1.165) is 45.1 Å². The van der Waals surface area contributed by atoms with E-state index >= 15 is 0 Å². The third kappa shape index (κ3) is 5.38. The van der Waals surface area contributed by atoms with Gasteiger partial charge in [-0.3, -0.25) is 4.79 Å². The van der Waals surface area contributed by atoms with Crippen molar-refractivity contribution in [3.05, 3.63) is 59.4 Å². The summed E-state index contributed by atoms with van der Waals surface area (Å²) in [6.07, 6.45) is 1.75. The first-order chi connectivity index (χ1) is 13.3. The first-order valence-corrected chi connectivity index (χ1v) is 9.59. The molecule has 0 spiro atoms. The second-order valence-electron chi connectivity index (χ2n) is 7.52. The van der Waals surface area contributed by atoms with Gasteiger partial charge in [-0.2, -0.15) is 13.2 Å². The quantitative estimate of drug-likeness (QED) is 0.804. The lowest BCUT2D eigenvalue weighted by Crippen LogP contribution is -2.40.